The Morgan fingerprint density at radius 1 is 1.10 bits per heavy atom. The first-order valence-electron chi connectivity index (χ1n) is 12.9. The maximum atomic E-state index is 13.2. The van der Waals surface area contributed by atoms with E-state index in [4.69, 9.17) is 11.6 Å². The summed E-state index contributed by atoms with van der Waals surface area (Å²) in [6, 6.07) is 11.5. The molecule has 212 valence electrons. The van der Waals surface area contributed by atoms with Crippen molar-refractivity contribution in [2.45, 2.75) is 36.7 Å². The van der Waals surface area contributed by atoms with Gasteiger partial charge < -0.3 is 20.4 Å². The van der Waals surface area contributed by atoms with E-state index in [1.807, 2.05) is 24.3 Å². The van der Waals surface area contributed by atoms with Gasteiger partial charge in [-0.15, -0.1) is 0 Å². The number of amides is 2. The van der Waals surface area contributed by atoms with Gasteiger partial charge in [-0.05, 0) is 65.4 Å². The molecule has 0 fully saturated rings. The van der Waals surface area contributed by atoms with Crippen LogP contribution in [0.5, 0.6) is 5.75 Å². The van der Waals surface area contributed by atoms with Crippen LogP contribution in [0.25, 0.3) is 6.08 Å². The molecule has 0 saturated carbocycles. The number of sulfone groups is 1. The van der Waals surface area contributed by atoms with E-state index >= 15 is 0 Å². The summed E-state index contributed by atoms with van der Waals surface area (Å²) >= 11 is 6.42. The van der Waals surface area contributed by atoms with Crippen molar-refractivity contribution in [2.75, 3.05) is 12.8 Å². The summed E-state index contributed by atoms with van der Waals surface area (Å²) in [5, 5.41) is 23.1. The number of aliphatic carboxylic acids is 1. The van der Waals surface area contributed by atoms with Crippen LogP contribution in [0.3, 0.4) is 0 Å². The number of halogens is 1. The number of nitrogens with one attached hydrogen (secondary N) is 1. The molecule has 0 radical (unpaired) electrons. The van der Waals surface area contributed by atoms with Crippen LogP contribution in [-0.4, -0.2) is 60.2 Å². The van der Waals surface area contributed by atoms with Crippen molar-refractivity contribution in [1.29, 1.82) is 0 Å². The van der Waals surface area contributed by atoms with Crippen LogP contribution in [0, 0.1) is 0 Å². The predicted octanol–water partition coefficient (Wildman–Crippen LogP) is 3.64. The van der Waals surface area contributed by atoms with Crippen LogP contribution in [0.1, 0.15) is 48.5 Å². The minimum absolute atomic E-state index is 0.0292. The minimum Gasteiger partial charge on any atom is -0.507 e. The van der Waals surface area contributed by atoms with Gasteiger partial charge in [-0.1, -0.05) is 42.0 Å². The molecule has 3 N–H and O–H groups in total. The Bertz CT molecular complexity index is 1730. The smallest absolute Gasteiger partial charge is 0.326 e. The standard InChI is InChI=1S/C30H27ClN2O7S/c1-41(39,40)22-7-2-4-17(12-22)13-25(30(37)38)32-28(35)26-24(31)15-21-16-33(11-10-23(21)27(26)34)29(36)20-9-8-18-5-3-6-19(18)14-20/h2-5,7-9,12,14-15,25,34H,6,10-11,13,16H2,1H3,(H,32,35)(H,37,38). The lowest BCUT2D eigenvalue weighted by molar-refractivity contribution is -0.139. The molecule has 41 heavy (non-hydrogen) atoms. The van der Waals surface area contributed by atoms with Crippen molar-refractivity contribution in [3.05, 3.63) is 98.6 Å². The number of hydrogen-bond acceptors (Lipinski definition) is 6. The van der Waals surface area contributed by atoms with Crippen molar-refractivity contribution in [2.24, 2.45) is 0 Å². The molecule has 1 aliphatic heterocycles. The fourth-order valence-corrected chi connectivity index (χ4v) is 6.21. The van der Waals surface area contributed by atoms with E-state index in [1.54, 1.807) is 17.0 Å². The summed E-state index contributed by atoms with van der Waals surface area (Å²) in [5.74, 6) is -2.73. The molecule has 5 rings (SSSR count). The number of carboxylic acids is 1. The number of benzene rings is 3. The molecule has 2 amide bonds. The Kier molecular flexibility index (Phi) is 7.63. The van der Waals surface area contributed by atoms with Gasteiger partial charge in [-0.3, -0.25) is 9.59 Å². The van der Waals surface area contributed by atoms with Gasteiger partial charge in [0.15, 0.2) is 9.84 Å². The average Bonchev–Trinajstić information content (AvgIpc) is 3.39. The van der Waals surface area contributed by atoms with Gasteiger partial charge in [-0.25, -0.2) is 13.2 Å². The summed E-state index contributed by atoms with van der Waals surface area (Å²) < 4.78 is 23.8. The third-order valence-corrected chi connectivity index (χ3v) is 8.76. The Morgan fingerprint density at radius 3 is 2.61 bits per heavy atom. The molecule has 3 aromatic rings. The topological polar surface area (TPSA) is 141 Å². The Morgan fingerprint density at radius 2 is 1.88 bits per heavy atom. The SMILES string of the molecule is CS(=O)(=O)c1cccc(CC(NC(=O)c2c(Cl)cc3c(c2O)CCN(C(=O)c2ccc4c(c2)CC=C4)C3)C(=O)O)c1. The van der Waals surface area contributed by atoms with Crippen molar-refractivity contribution in [3.8, 4) is 5.75 Å². The molecule has 9 nitrogen and oxygen atoms in total. The number of allylic oxidation sites excluding steroid dienone is 1. The summed E-state index contributed by atoms with van der Waals surface area (Å²) in [6.07, 6.45) is 5.98. The number of fused-ring (bicyclic) bond motifs is 2. The number of nitrogens with zero attached hydrogens (tertiary/aromatic N) is 1. The number of carboxylic acid groups (broad SMARTS) is 1. The van der Waals surface area contributed by atoms with Crippen LogP contribution in [0.15, 0.2) is 59.5 Å². The van der Waals surface area contributed by atoms with E-state index in [1.165, 1.54) is 24.3 Å². The van der Waals surface area contributed by atoms with Crippen LogP contribution in [0.2, 0.25) is 5.02 Å². The molecule has 3 aromatic carbocycles. The van der Waals surface area contributed by atoms with Gasteiger partial charge in [0.05, 0.1) is 15.5 Å². The number of rotatable bonds is 7. The maximum Gasteiger partial charge on any atom is 0.326 e. The van der Waals surface area contributed by atoms with E-state index in [0.717, 1.165) is 23.8 Å². The fraction of sp³-hybridized carbons (Fsp3) is 0.233. The zero-order valence-corrected chi connectivity index (χ0v) is 23.6. The summed E-state index contributed by atoms with van der Waals surface area (Å²) in [7, 11) is -3.51. The highest BCUT2D eigenvalue weighted by Gasteiger charge is 2.30. The van der Waals surface area contributed by atoms with Gasteiger partial charge in [-0.2, -0.15) is 0 Å². The van der Waals surface area contributed by atoms with Crippen LogP contribution >= 0.6 is 11.6 Å². The number of hydrogen-bond donors (Lipinski definition) is 3. The minimum atomic E-state index is -3.51. The molecular formula is C30H27ClN2O7S. The summed E-state index contributed by atoms with van der Waals surface area (Å²) in [6.45, 7) is 0.499. The number of aromatic hydroxyl groups is 1. The summed E-state index contributed by atoms with van der Waals surface area (Å²) in [5.41, 5.74) is 3.96. The zero-order chi connectivity index (χ0) is 29.5. The molecule has 0 bridgehead atoms. The van der Waals surface area contributed by atoms with E-state index < -0.39 is 27.8 Å². The highest BCUT2D eigenvalue weighted by molar-refractivity contribution is 7.90. The fourth-order valence-electron chi connectivity index (χ4n) is 5.21. The normalized spacial score (nSPS) is 14.7. The lowest BCUT2D eigenvalue weighted by atomic mass is 9.94. The molecule has 2 aliphatic rings. The van der Waals surface area contributed by atoms with Crippen molar-refractivity contribution < 1.29 is 33.0 Å². The van der Waals surface area contributed by atoms with E-state index in [0.29, 0.717) is 28.8 Å². The first-order chi connectivity index (χ1) is 19.4. The van der Waals surface area contributed by atoms with Crippen LogP contribution in [0.4, 0.5) is 0 Å². The average molecular weight is 595 g/mol. The molecule has 0 aromatic heterocycles. The number of phenolic OH excluding ortho intramolecular Hbond substituents is 1. The van der Waals surface area contributed by atoms with E-state index in [2.05, 4.69) is 5.32 Å². The first kappa shape index (κ1) is 28.4. The quantitative estimate of drug-likeness (QED) is 0.379. The Hall–Kier alpha value is -4.15. The monoisotopic (exact) mass is 594 g/mol. The second-order valence-corrected chi connectivity index (χ2v) is 12.6. The van der Waals surface area contributed by atoms with Gasteiger partial charge in [0, 0.05) is 36.9 Å². The molecule has 1 heterocycles. The second kappa shape index (κ2) is 11.0. The molecule has 1 aliphatic carbocycles. The number of carbonyl (C=O) groups is 3. The van der Waals surface area contributed by atoms with Gasteiger partial charge in [0.2, 0.25) is 0 Å². The van der Waals surface area contributed by atoms with Crippen molar-refractivity contribution >= 4 is 45.3 Å². The third kappa shape index (κ3) is 5.84. The first-order valence-corrected chi connectivity index (χ1v) is 15.1. The van der Waals surface area contributed by atoms with E-state index in [-0.39, 0.29) is 46.5 Å². The van der Waals surface area contributed by atoms with Gasteiger partial charge in [0.25, 0.3) is 11.8 Å². The van der Waals surface area contributed by atoms with Gasteiger partial charge >= 0.3 is 5.97 Å². The van der Waals surface area contributed by atoms with E-state index in [9.17, 15) is 33.0 Å². The highest BCUT2D eigenvalue weighted by atomic mass is 35.5. The molecular weight excluding hydrogens is 568 g/mol. The molecule has 1 unspecified atom stereocenters. The summed E-state index contributed by atoms with van der Waals surface area (Å²) in [4.78, 5) is 40.0. The lowest BCUT2D eigenvalue weighted by Gasteiger charge is -2.30. The Balaban J connectivity index is 1.34. The Labute approximate surface area is 242 Å². The maximum absolute atomic E-state index is 13.2. The number of phenols is 1. The number of carbonyl (C=O) groups excluding carboxylic acids is 2. The van der Waals surface area contributed by atoms with Crippen LogP contribution < -0.4 is 5.32 Å². The zero-order valence-electron chi connectivity index (χ0n) is 22.1. The molecule has 11 heteroatoms. The predicted molar refractivity (Wildman–Crippen MR) is 153 cm³/mol. The molecule has 0 saturated heterocycles. The largest absolute Gasteiger partial charge is 0.507 e. The van der Waals surface area contributed by atoms with Crippen molar-refractivity contribution in [3.63, 3.8) is 0 Å². The third-order valence-electron chi connectivity index (χ3n) is 7.35. The molecule has 1 atom stereocenters. The molecule has 0 spiro atoms. The highest BCUT2D eigenvalue weighted by Crippen LogP contribution is 2.36. The van der Waals surface area contributed by atoms with Crippen LogP contribution in [-0.2, 0) is 40.4 Å². The lowest BCUT2D eigenvalue weighted by Crippen LogP contribution is -2.42. The van der Waals surface area contributed by atoms with Gasteiger partial charge in [0.1, 0.15) is 11.8 Å². The van der Waals surface area contributed by atoms with Crippen molar-refractivity contribution in [1.82, 2.24) is 10.2 Å². The second-order valence-electron chi connectivity index (χ2n) is 10.2.